The van der Waals surface area contributed by atoms with Crippen molar-refractivity contribution in [3.05, 3.63) is 42.5 Å². The van der Waals surface area contributed by atoms with Gasteiger partial charge in [0.2, 0.25) is 0 Å². The Hall–Kier alpha value is -1.88. The third-order valence-electron chi connectivity index (χ3n) is 3.98. The molecular formula is C16H23N5. The van der Waals surface area contributed by atoms with Crippen LogP contribution in [-0.4, -0.2) is 33.4 Å². The van der Waals surface area contributed by atoms with Gasteiger partial charge in [0.15, 0.2) is 0 Å². The molecule has 0 saturated carbocycles. The van der Waals surface area contributed by atoms with Gasteiger partial charge in [-0.05, 0) is 50.4 Å². The van der Waals surface area contributed by atoms with E-state index in [-0.39, 0.29) is 0 Å². The van der Waals surface area contributed by atoms with Crippen molar-refractivity contribution in [2.45, 2.75) is 44.8 Å². The average molecular weight is 285 g/mol. The van der Waals surface area contributed by atoms with Gasteiger partial charge < -0.3 is 10.6 Å². The number of nitrogens with one attached hydrogen (secondary N) is 2. The van der Waals surface area contributed by atoms with Crippen LogP contribution in [0.3, 0.4) is 0 Å². The van der Waals surface area contributed by atoms with Crippen molar-refractivity contribution in [1.82, 2.24) is 20.1 Å². The van der Waals surface area contributed by atoms with E-state index in [1.807, 2.05) is 4.68 Å². The van der Waals surface area contributed by atoms with Crippen molar-refractivity contribution >= 4 is 5.69 Å². The third-order valence-corrected chi connectivity index (χ3v) is 3.98. The fraction of sp³-hybridized carbons (Fsp3) is 0.500. The second-order valence-electron chi connectivity index (χ2n) is 5.86. The molecule has 0 amide bonds. The van der Waals surface area contributed by atoms with Gasteiger partial charge in [-0.25, -0.2) is 9.67 Å². The van der Waals surface area contributed by atoms with E-state index < -0.39 is 0 Å². The Kier molecular flexibility index (Phi) is 4.50. The first-order valence-electron chi connectivity index (χ1n) is 7.71. The summed E-state index contributed by atoms with van der Waals surface area (Å²) in [6, 6.07) is 9.74. The molecule has 0 aliphatic carbocycles. The smallest absolute Gasteiger partial charge is 0.137 e. The van der Waals surface area contributed by atoms with E-state index in [0.29, 0.717) is 12.1 Å². The van der Waals surface area contributed by atoms with E-state index in [1.165, 1.54) is 37.1 Å². The molecule has 1 aliphatic heterocycles. The summed E-state index contributed by atoms with van der Waals surface area (Å²) in [5.74, 6) is 0. The summed E-state index contributed by atoms with van der Waals surface area (Å²) in [6.07, 6.45) is 7.11. The summed E-state index contributed by atoms with van der Waals surface area (Å²) >= 11 is 0. The molecule has 1 fully saturated rings. The SMILES string of the molecule is CC(CC1CCCN1)Nc1ccc(Cn2cncn2)cc1. The van der Waals surface area contributed by atoms with Crippen LogP contribution in [0.4, 0.5) is 5.69 Å². The van der Waals surface area contributed by atoms with Crippen LogP contribution in [0.2, 0.25) is 0 Å². The van der Waals surface area contributed by atoms with Gasteiger partial charge in [0.05, 0.1) is 6.54 Å². The number of hydrogen-bond acceptors (Lipinski definition) is 4. The maximum absolute atomic E-state index is 4.12. The highest BCUT2D eigenvalue weighted by molar-refractivity contribution is 5.45. The largest absolute Gasteiger partial charge is 0.383 e. The van der Waals surface area contributed by atoms with Crippen molar-refractivity contribution in [2.75, 3.05) is 11.9 Å². The van der Waals surface area contributed by atoms with Gasteiger partial charge in [0, 0.05) is 17.8 Å². The van der Waals surface area contributed by atoms with Crippen LogP contribution in [0, 0.1) is 0 Å². The lowest BCUT2D eigenvalue weighted by molar-refractivity contribution is 0.523. The first-order valence-corrected chi connectivity index (χ1v) is 7.71. The lowest BCUT2D eigenvalue weighted by atomic mass is 10.1. The number of hydrogen-bond donors (Lipinski definition) is 2. The Morgan fingerprint density at radius 1 is 1.38 bits per heavy atom. The van der Waals surface area contributed by atoms with E-state index in [2.05, 4.69) is 51.9 Å². The van der Waals surface area contributed by atoms with Gasteiger partial charge in [0.25, 0.3) is 0 Å². The van der Waals surface area contributed by atoms with Crippen LogP contribution in [0.15, 0.2) is 36.9 Å². The fourth-order valence-electron chi connectivity index (χ4n) is 2.94. The zero-order chi connectivity index (χ0) is 14.5. The molecule has 112 valence electrons. The molecule has 2 aromatic rings. The molecule has 2 heterocycles. The van der Waals surface area contributed by atoms with Crippen molar-refractivity contribution in [1.29, 1.82) is 0 Å². The molecule has 2 N–H and O–H groups in total. The highest BCUT2D eigenvalue weighted by atomic mass is 15.3. The molecule has 2 atom stereocenters. The minimum absolute atomic E-state index is 0.488. The summed E-state index contributed by atoms with van der Waals surface area (Å²) in [6.45, 7) is 4.19. The summed E-state index contributed by atoms with van der Waals surface area (Å²) in [4.78, 5) is 3.96. The van der Waals surface area contributed by atoms with Gasteiger partial charge >= 0.3 is 0 Å². The normalized spacial score (nSPS) is 19.6. The summed E-state index contributed by atoms with van der Waals surface area (Å²) in [7, 11) is 0. The average Bonchev–Trinajstić information content (AvgIpc) is 3.14. The molecule has 1 aromatic heterocycles. The topological polar surface area (TPSA) is 54.8 Å². The zero-order valence-electron chi connectivity index (χ0n) is 12.5. The maximum Gasteiger partial charge on any atom is 0.137 e. The summed E-state index contributed by atoms with van der Waals surface area (Å²) < 4.78 is 1.83. The number of aromatic nitrogens is 3. The molecule has 5 nitrogen and oxygen atoms in total. The van der Waals surface area contributed by atoms with Crippen LogP contribution in [0.5, 0.6) is 0 Å². The molecule has 0 bridgehead atoms. The first kappa shape index (κ1) is 14.1. The molecule has 21 heavy (non-hydrogen) atoms. The predicted octanol–water partition coefficient (Wildman–Crippen LogP) is 2.27. The van der Waals surface area contributed by atoms with Crippen LogP contribution >= 0.6 is 0 Å². The molecule has 2 unspecified atom stereocenters. The molecule has 5 heteroatoms. The molecule has 0 radical (unpaired) electrons. The first-order chi connectivity index (χ1) is 10.3. The highest BCUT2D eigenvalue weighted by Gasteiger charge is 2.16. The van der Waals surface area contributed by atoms with E-state index in [9.17, 15) is 0 Å². The van der Waals surface area contributed by atoms with Crippen LogP contribution in [-0.2, 0) is 6.54 Å². The Bertz CT molecular complexity index is 528. The molecule has 1 aliphatic rings. The highest BCUT2D eigenvalue weighted by Crippen LogP contribution is 2.16. The van der Waals surface area contributed by atoms with E-state index in [0.717, 1.165) is 6.54 Å². The van der Waals surface area contributed by atoms with Crippen molar-refractivity contribution in [3.63, 3.8) is 0 Å². The molecule has 0 spiro atoms. The standard InChI is InChI=1S/C16H23N5/c1-13(9-16-3-2-8-18-16)20-15-6-4-14(5-7-15)10-21-12-17-11-19-21/h4-7,11-13,16,18,20H,2-3,8-10H2,1H3. The number of benzene rings is 1. The number of nitrogens with zero attached hydrogens (tertiary/aromatic N) is 3. The second kappa shape index (κ2) is 6.72. The van der Waals surface area contributed by atoms with Gasteiger partial charge in [0.1, 0.15) is 12.7 Å². The van der Waals surface area contributed by atoms with Gasteiger partial charge in [-0.15, -0.1) is 0 Å². The van der Waals surface area contributed by atoms with Crippen LogP contribution in [0.1, 0.15) is 31.7 Å². The van der Waals surface area contributed by atoms with E-state index in [1.54, 1.807) is 12.7 Å². The minimum atomic E-state index is 0.488. The molecule has 1 aromatic carbocycles. The monoisotopic (exact) mass is 285 g/mol. The fourth-order valence-corrected chi connectivity index (χ4v) is 2.94. The molecular weight excluding hydrogens is 262 g/mol. The quantitative estimate of drug-likeness (QED) is 0.855. The number of anilines is 1. The molecule has 1 saturated heterocycles. The van der Waals surface area contributed by atoms with Crippen molar-refractivity contribution < 1.29 is 0 Å². The van der Waals surface area contributed by atoms with Crippen molar-refractivity contribution in [3.8, 4) is 0 Å². The lowest BCUT2D eigenvalue weighted by Crippen LogP contribution is -2.29. The van der Waals surface area contributed by atoms with Crippen molar-refractivity contribution in [2.24, 2.45) is 0 Å². The Balaban J connectivity index is 1.51. The summed E-state index contributed by atoms with van der Waals surface area (Å²) in [5, 5.41) is 11.3. The van der Waals surface area contributed by atoms with E-state index >= 15 is 0 Å². The Labute approximate surface area is 125 Å². The predicted molar refractivity (Wildman–Crippen MR) is 84.3 cm³/mol. The van der Waals surface area contributed by atoms with Crippen LogP contribution < -0.4 is 10.6 Å². The Morgan fingerprint density at radius 2 is 2.24 bits per heavy atom. The van der Waals surface area contributed by atoms with E-state index in [4.69, 9.17) is 0 Å². The third kappa shape index (κ3) is 4.04. The molecule has 3 rings (SSSR count). The zero-order valence-corrected chi connectivity index (χ0v) is 12.5. The lowest BCUT2D eigenvalue weighted by Gasteiger charge is -2.19. The van der Waals surface area contributed by atoms with Gasteiger partial charge in [-0.3, -0.25) is 0 Å². The minimum Gasteiger partial charge on any atom is -0.383 e. The van der Waals surface area contributed by atoms with Gasteiger partial charge in [-0.2, -0.15) is 5.10 Å². The maximum atomic E-state index is 4.12. The van der Waals surface area contributed by atoms with Gasteiger partial charge in [-0.1, -0.05) is 12.1 Å². The van der Waals surface area contributed by atoms with Crippen LogP contribution in [0.25, 0.3) is 0 Å². The Morgan fingerprint density at radius 3 is 2.90 bits per heavy atom. The number of rotatable bonds is 6. The second-order valence-corrected chi connectivity index (χ2v) is 5.86. The summed E-state index contributed by atoms with van der Waals surface area (Å²) in [5.41, 5.74) is 2.42.